The van der Waals surface area contributed by atoms with Crippen LogP contribution in [0.4, 0.5) is 5.69 Å². The molecule has 0 aliphatic carbocycles. The summed E-state index contributed by atoms with van der Waals surface area (Å²) < 4.78 is 0. The van der Waals surface area contributed by atoms with E-state index in [4.69, 9.17) is 5.73 Å². The van der Waals surface area contributed by atoms with E-state index in [-0.39, 0.29) is 18.3 Å². The molecule has 20 heavy (non-hydrogen) atoms. The summed E-state index contributed by atoms with van der Waals surface area (Å²) >= 11 is 0. The predicted octanol–water partition coefficient (Wildman–Crippen LogP) is 2.00. The van der Waals surface area contributed by atoms with E-state index in [9.17, 15) is 4.79 Å². The third-order valence-corrected chi connectivity index (χ3v) is 4.36. The summed E-state index contributed by atoms with van der Waals surface area (Å²) in [5.74, 6) is 0.138. The molecule has 2 aliphatic heterocycles. The summed E-state index contributed by atoms with van der Waals surface area (Å²) in [6.45, 7) is 5.21. The van der Waals surface area contributed by atoms with Gasteiger partial charge in [0.1, 0.15) is 0 Å². The Morgan fingerprint density at radius 1 is 1.25 bits per heavy atom. The lowest BCUT2D eigenvalue weighted by Gasteiger charge is -2.42. The number of amides is 1. The summed E-state index contributed by atoms with van der Waals surface area (Å²) in [4.78, 5) is 17.1. The van der Waals surface area contributed by atoms with Gasteiger partial charge in [-0.2, -0.15) is 0 Å². The molecular weight excluding hydrogens is 274 g/mol. The van der Waals surface area contributed by atoms with Gasteiger partial charge in [0.15, 0.2) is 0 Å². The lowest BCUT2D eigenvalue weighted by Crippen LogP contribution is -2.56. The Kier molecular flexibility index (Phi) is 4.55. The number of anilines is 1. The minimum Gasteiger partial charge on any atom is -0.399 e. The highest BCUT2D eigenvalue weighted by molar-refractivity contribution is 5.94. The monoisotopic (exact) mass is 295 g/mol. The fourth-order valence-electron chi connectivity index (χ4n) is 3.26. The van der Waals surface area contributed by atoms with Gasteiger partial charge in [0.2, 0.25) is 0 Å². The molecule has 5 heteroatoms. The Bertz CT molecular complexity index is 477. The van der Waals surface area contributed by atoms with Crippen molar-refractivity contribution in [1.82, 2.24) is 9.80 Å². The van der Waals surface area contributed by atoms with Gasteiger partial charge in [-0.25, -0.2) is 0 Å². The number of halogens is 1. The van der Waals surface area contributed by atoms with Crippen molar-refractivity contribution in [2.24, 2.45) is 0 Å². The van der Waals surface area contributed by atoms with E-state index in [0.29, 0.717) is 17.8 Å². The lowest BCUT2D eigenvalue weighted by atomic mass is 10.1. The third-order valence-electron chi connectivity index (χ3n) is 4.36. The van der Waals surface area contributed by atoms with Crippen LogP contribution in [0.2, 0.25) is 0 Å². The molecule has 2 saturated heterocycles. The summed E-state index contributed by atoms with van der Waals surface area (Å²) in [5, 5.41) is 0. The average Bonchev–Trinajstić information content (AvgIpc) is 2.85. The van der Waals surface area contributed by atoms with Crippen LogP contribution in [0.3, 0.4) is 0 Å². The first-order valence-electron chi connectivity index (χ1n) is 7.05. The number of carbonyl (C=O) groups excluding carboxylic acids is 1. The van der Waals surface area contributed by atoms with E-state index in [0.717, 1.165) is 18.7 Å². The number of nitrogen functional groups attached to an aromatic ring is 1. The lowest BCUT2D eigenvalue weighted by molar-refractivity contribution is 0.0395. The molecule has 0 spiro atoms. The molecule has 3 rings (SSSR count). The SMILES string of the molecule is CC1CN2CCCC2CN1C(=O)c1ccc(N)cc1.Cl. The molecule has 110 valence electrons. The van der Waals surface area contributed by atoms with Gasteiger partial charge in [-0.3, -0.25) is 9.69 Å². The zero-order valence-electron chi connectivity index (χ0n) is 11.8. The van der Waals surface area contributed by atoms with Crippen molar-refractivity contribution >= 4 is 24.0 Å². The number of carbonyl (C=O) groups is 1. The molecule has 1 aromatic rings. The Balaban J connectivity index is 0.00000147. The van der Waals surface area contributed by atoms with Crippen molar-refractivity contribution < 1.29 is 4.79 Å². The molecule has 1 amide bonds. The molecular formula is C15H22ClN3O. The number of piperazine rings is 1. The van der Waals surface area contributed by atoms with Crippen LogP contribution in [0, 0.1) is 0 Å². The first-order chi connectivity index (χ1) is 9.15. The van der Waals surface area contributed by atoms with Crippen LogP contribution in [0.5, 0.6) is 0 Å². The Morgan fingerprint density at radius 2 is 1.95 bits per heavy atom. The first-order valence-corrected chi connectivity index (χ1v) is 7.05. The van der Waals surface area contributed by atoms with E-state index in [1.54, 1.807) is 12.1 Å². The molecule has 0 saturated carbocycles. The Labute approximate surface area is 126 Å². The molecule has 1 aromatic carbocycles. The maximum atomic E-state index is 12.6. The fraction of sp³-hybridized carbons (Fsp3) is 0.533. The second kappa shape index (κ2) is 6.02. The van der Waals surface area contributed by atoms with Crippen molar-refractivity contribution in [3.05, 3.63) is 29.8 Å². The van der Waals surface area contributed by atoms with Crippen molar-refractivity contribution in [1.29, 1.82) is 0 Å². The van der Waals surface area contributed by atoms with Crippen molar-refractivity contribution in [2.75, 3.05) is 25.4 Å². The van der Waals surface area contributed by atoms with Gasteiger partial charge in [-0.15, -0.1) is 12.4 Å². The molecule has 2 N–H and O–H groups in total. The van der Waals surface area contributed by atoms with Gasteiger partial charge in [0.25, 0.3) is 5.91 Å². The number of benzene rings is 1. The molecule has 2 atom stereocenters. The van der Waals surface area contributed by atoms with E-state index < -0.39 is 0 Å². The highest BCUT2D eigenvalue weighted by Gasteiger charge is 2.36. The number of nitrogens with two attached hydrogens (primary N) is 1. The van der Waals surface area contributed by atoms with Gasteiger partial charge in [0, 0.05) is 36.4 Å². The van der Waals surface area contributed by atoms with Crippen LogP contribution in [0.25, 0.3) is 0 Å². The van der Waals surface area contributed by atoms with E-state index >= 15 is 0 Å². The predicted molar refractivity (Wildman–Crippen MR) is 83.2 cm³/mol. The number of hydrogen-bond acceptors (Lipinski definition) is 3. The number of rotatable bonds is 1. The first kappa shape index (κ1) is 15.1. The molecule has 2 fully saturated rings. The third kappa shape index (κ3) is 2.76. The summed E-state index contributed by atoms with van der Waals surface area (Å²) in [5.41, 5.74) is 7.11. The van der Waals surface area contributed by atoms with Gasteiger partial charge >= 0.3 is 0 Å². The van der Waals surface area contributed by atoms with Gasteiger partial charge in [-0.1, -0.05) is 0 Å². The number of fused-ring (bicyclic) bond motifs is 1. The van der Waals surface area contributed by atoms with Crippen LogP contribution in [-0.2, 0) is 0 Å². The minimum absolute atomic E-state index is 0. The van der Waals surface area contributed by atoms with Crippen molar-refractivity contribution in [3.63, 3.8) is 0 Å². The molecule has 4 nitrogen and oxygen atoms in total. The quantitative estimate of drug-likeness (QED) is 0.806. The van der Waals surface area contributed by atoms with Crippen LogP contribution >= 0.6 is 12.4 Å². The highest BCUT2D eigenvalue weighted by Crippen LogP contribution is 2.25. The molecule has 0 radical (unpaired) electrons. The second-order valence-electron chi connectivity index (χ2n) is 5.72. The molecule has 2 unspecified atom stereocenters. The zero-order valence-corrected chi connectivity index (χ0v) is 12.6. The van der Waals surface area contributed by atoms with E-state index in [1.165, 1.54) is 19.4 Å². The van der Waals surface area contributed by atoms with Crippen LogP contribution in [0.15, 0.2) is 24.3 Å². The molecule has 2 heterocycles. The summed E-state index contributed by atoms with van der Waals surface area (Å²) in [7, 11) is 0. The van der Waals surface area contributed by atoms with Gasteiger partial charge in [-0.05, 0) is 50.6 Å². The van der Waals surface area contributed by atoms with Gasteiger partial charge < -0.3 is 10.6 Å². The maximum Gasteiger partial charge on any atom is 0.254 e. The highest BCUT2D eigenvalue weighted by atomic mass is 35.5. The van der Waals surface area contributed by atoms with E-state index in [1.807, 2.05) is 17.0 Å². The maximum absolute atomic E-state index is 12.6. The Morgan fingerprint density at radius 3 is 2.65 bits per heavy atom. The van der Waals surface area contributed by atoms with Crippen molar-refractivity contribution in [2.45, 2.75) is 31.8 Å². The number of hydrogen-bond donors (Lipinski definition) is 1. The second-order valence-corrected chi connectivity index (χ2v) is 5.72. The summed E-state index contributed by atoms with van der Waals surface area (Å²) in [6.07, 6.45) is 2.49. The van der Waals surface area contributed by atoms with Crippen molar-refractivity contribution in [3.8, 4) is 0 Å². The number of nitrogens with zero attached hydrogens (tertiary/aromatic N) is 2. The zero-order chi connectivity index (χ0) is 13.4. The smallest absolute Gasteiger partial charge is 0.254 e. The molecule has 2 aliphatic rings. The van der Waals surface area contributed by atoms with E-state index in [2.05, 4.69) is 11.8 Å². The van der Waals surface area contributed by atoms with Gasteiger partial charge in [0.05, 0.1) is 0 Å². The fourth-order valence-corrected chi connectivity index (χ4v) is 3.26. The molecule has 0 aromatic heterocycles. The van der Waals surface area contributed by atoms with Crippen LogP contribution < -0.4 is 5.73 Å². The molecule has 0 bridgehead atoms. The normalized spacial score (nSPS) is 25.9. The van der Waals surface area contributed by atoms with Crippen LogP contribution in [0.1, 0.15) is 30.1 Å². The topological polar surface area (TPSA) is 49.6 Å². The van der Waals surface area contributed by atoms with Crippen LogP contribution in [-0.4, -0.2) is 47.4 Å². The average molecular weight is 296 g/mol. The Hall–Kier alpha value is -1.26. The standard InChI is InChI=1S/C15H21N3O.ClH/c1-11-9-17-8-2-3-14(17)10-18(11)15(19)12-4-6-13(16)7-5-12;/h4-7,11,14H,2-3,8-10,16H2,1H3;1H. The minimum atomic E-state index is 0. The largest absolute Gasteiger partial charge is 0.399 e. The summed E-state index contributed by atoms with van der Waals surface area (Å²) in [6, 6.07) is 8.10.